The van der Waals surface area contributed by atoms with E-state index < -0.39 is 0 Å². The van der Waals surface area contributed by atoms with Gasteiger partial charge in [0, 0.05) is 20.6 Å². The molecule has 2 rings (SSSR count). The van der Waals surface area contributed by atoms with Crippen molar-refractivity contribution < 1.29 is 4.74 Å². The van der Waals surface area contributed by atoms with Crippen LogP contribution >= 0.6 is 51.3 Å². The molecule has 0 atom stereocenters. The Morgan fingerprint density at radius 2 is 1.90 bits per heavy atom. The van der Waals surface area contributed by atoms with Crippen LogP contribution in [0.5, 0.6) is 5.75 Å². The lowest BCUT2D eigenvalue weighted by molar-refractivity contribution is 0.306. The summed E-state index contributed by atoms with van der Waals surface area (Å²) < 4.78 is 6.59. The number of nitrogens with two attached hydrogens (primary N) is 1. The molecule has 0 spiro atoms. The van der Waals surface area contributed by atoms with Crippen molar-refractivity contribution in [2.45, 2.75) is 6.61 Å². The van der Waals surface area contributed by atoms with Gasteiger partial charge in [-0.05, 0) is 30.3 Å². The van der Waals surface area contributed by atoms with Crippen LogP contribution in [-0.2, 0) is 6.61 Å². The molecule has 0 radical (unpaired) electrons. The maximum atomic E-state index is 6.12. The third kappa shape index (κ3) is 3.85. The van der Waals surface area contributed by atoms with Crippen molar-refractivity contribution in [2.24, 2.45) is 5.73 Å². The van der Waals surface area contributed by atoms with E-state index in [0.29, 0.717) is 28.0 Å². The van der Waals surface area contributed by atoms with Gasteiger partial charge >= 0.3 is 0 Å². The predicted molar refractivity (Wildman–Crippen MR) is 90.8 cm³/mol. The molecule has 6 heteroatoms. The van der Waals surface area contributed by atoms with Gasteiger partial charge in [0.15, 0.2) is 0 Å². The zero-order chi connectivity index (χ0) is 14.7. The molecule has 0 aliphatic heterocycles. The quantitative estimate of drug-likeness (QED) is 0.748. The number of halogens is 3. The molecule has 0 unspecified atom stereocenters. The van der Waals surface area contributed by atoms with Crippen LogP contribution in [0.25, 0.3) is 0 Å². The van der Waals surface area contributed by atoms with Crippen molar-refractivity contribution in [1.82, 2.24) is 0 Å². The molecule has 20 heavy (non-hydrogen) atoms. The highest BCUT2D eigenvalue weighted by molar-refractivity contribution is 9.10. The van der Waals surface area contributed by atoms with Gasteiger partial charge in [-0.15, -0.1) is 0 Å². The highest BCUT2D eigenvalue weighted by Crippen LogP contribution is 2.25. The van der Waals surface area contributed by atoms with E-state index in [2.05, 4.69) is 15.9 Å². The molecule has 2 aromatic rings. The van der Waals surface area contributed by atoms with E-state index in [1.807, 2.05) is 18.2 Å². The molecule has 0 fully saturated rings. The van der Waals surface area contributed by atoms with E-state index in [1.54, 1.807) is 18.2 Å². The van der Waals surface area contributed by atoms with Gasteiger partial charge in [-0.3, -0.25) is 0 Å². The second-order valence-electron chi connectivity index (χ2n) is 4.03. The summed E-state index contributed by atoms with van der Waals surface area (Å²) in [5.74, 6) is 0.633. The number of hydrogen-bond donors (Lipinski definition) is 1. The van der Waals surface area contributed by atoms with Gasteiger partial charge in [-0.25, -0.2) is 0 Å². The molecule has 0 bridgehead atoms. The van der Waals surface area contributed by atoms with Crippen molar-refractivity contribution in [3.05, 3.63) is 62.0 Å². The molecule has 0 aromatic heterocycles. The summed E-state index contributed by atoms with van der Waals surface area (Å²) in [6.07, 6.45) is 0. The van der Waals surface area contributed by atoms with Crippen molar-refractivity contribution in [2.75, 3.05) is 0 Å². The van der Waals surface area contributed by atoms with Crippen LogP contribution in [0.2, 0.25) is 10.0 Å². The topological polar surface area (TPSA) is 35.2 Å². The van der Waals surface area contributed by atoms with Crippen LogP contribution in [0.4, 0.5) is 0 Å². The third-order valence-corrected chi connectivity index (χ3v) is 3.99. The van der Waals surface area contributed by atoms with E-state index in [0.717, 1.165) is 10.0 Å². The van der Waals surface area contributed by atoms with Gasteiger partial charge in [-0.2, -0.15) is 0 Å². The van der Waals surface area contributed by atoms with Crippen LogP contribution in [0.1, 0.15) is 11.1 Å². The number of hydrogen-bond acceptors (Lipinski definition) is 2. The van der Waals surface area contributed by atoms with Gasteiger partial charge in [0.1, 0.15) is 17.3 Å². The molecule has 0 aliphatic rings. The monoisotopic (exact) mass is 389 g/mol. The Bertz CT molecular complexity index is 664. The van der Waals surface area contributed by atoms with E-state index in [9.17, 15) is 0 Å². The highest BCUT2D eigenvalue weighted by Gasteiger charge is 2.06. The first-order valence-electron chi connectivity index (χ1n) is 5.63. The molecular formula is C14H10BrCl2NOS. The van der Waals surface area contributed by atoms with Crippen molar-refractivity contribution in [1.29, 1.82) is 0 Å². The molecule has 2 N–H and O–H groups in total. The van der Waals surface area contributed by atoms with E-state index >= 15 is 0 Å². The third-order valence-electron chi connectivity index (χ3n) is 2.62. The van der Waals surface area contributed by atoms with Crippen LogP contribution in [-0.4, -0.2) is 4.99 Å². The molecule has 0 aliphatic carbocycles. The molecule has 2 aromatic carbocycles. The average molecular weight is 391 g/mol. The van der Waals surface area contributed by atoms with Crippen molar-refractivity contribution >= 4 is 56.3 Å². The van der Waals surface area contributed by atoms with Crippen molar-refractivity contribution in [3.63, 3.8) is 0 Å². The van der Waals surface area contributed by atoms with Gasteiger partial charge in [-0.1, -0.05) is 57.4 Å². The van der Waals surface area contributed by atoms with Crippen LogP contribution < -0.4 is 10.5 Å². The molecule has 0 heterocycles. The molecule has 104 valence electrons. The summed E-state index contributed by atoms with van der Waals surface area (Å²) in [4.78, 5) is 0.262. The largest absolute Gasteiger partial charge is 0.489 e. The Morgan fingerprint density at radius 1 is 1.15 bits per heavy atom. The van der Waals surface area contributed by atoms with Crippen LogP contribution in [0.3, 0.4) is 0 Å². The fourth-order valence-corrected chi connectivity index (χ4v) is 2.82. The number of ether oxygens (including phenoxy) is 1. The molecular weight excluding hydrogens is 381 g/mol. The number of benzene rings is 2. The van der Waals surface area contributed by atoms with Crippen molar-refractivity contribution in [3.8, 4) is 5.75 Å². The molecule has 0 saturated carbocycles. The maximum Gasteiger partial charge on any atom is 0.121 e. The number of thiocarbonyl (C=S) groups is 1. The lowest BCUT2D eigenvalue weighted by atomic mass is 10.2. The van der Waals surface area contributed by atoms with Gasteiger partial charge in [0.2, 0.25) is 0 Å². The zero-order valence-electron chi connectivity index (χ0n) is 10.2. The second kappa shape index (κ2) is 6.76. The summed E-state index contributed by atoms with van der Waals surface area (Å²) in [5, 5.41) is 1.11. The highest BCUT2D eigenvalue weighted by atomic mass is 79.9. The first-order valence-corrected chi connectivity index (χ1v) is 7.59. The Balaban J connectivity index is 2.11. The summed E-state index contributed by atoms with van der Waals surface area (Å²) in [7, 11) is 0. The fourth-order valence-electron chi connectivity index (χ4n) is 1.59. The fraction of sp³-hybridized carbons (Fsp3) is 0.0714. The summed E-state index contributed by atoms with van der Waals surface area (Å²) in [6, 6.07) is 10.8. The molecule has 0 saturated heterocycles. The average Bonchev–Trinajstić information content (AvgIpc) is 2.37. The first-order chi connectivity index (χ1) is 9.47. The maximum absolute atomic E-state index is 6.12. The first kappa shape index (κ1) is 15.6. The van der Waals surface area contributed by atoms with Gasteiger partial charge in [0.05, 0.1) is 5.02 Å². The van der Waals surface area contributed by atoms with Crippen LogP contribution in [0, 0.1) is 0 Å². The lowest BCUT2D eigenvalue weighted by Gasteiger charge is -2.10. The lowest BCUT2D eigenvalue weighted by Crippen LogP contribution is -2.09. The minimum atomic E-state index is 0.262. The smallest absolute Gasteiger partial charge is 0.121 e. The standard InChI is InChI=1S/C14H10BrCl2NOS/c15-9-2-1-8(12(16)5-9)7-19-10-3-4-11(14(18)20)13(17)6-10/h1-6H,7H2,(H2,18,20). The van der Waals surface area contributed by atoms with E-state index in [1.165, 1.54) is 0 Å². The summed E-state index contributed by atoms with van der Waals surface area (Å²) in [6.45, 7) is 0.356. The van der Waals surface area contributed by atoms with Gasteiger partial charge in [0.25, 0.3) is 0 Å². The minimum Gasteiger partial charge on any atom is -0.489 e. The molecule has 2 nitrogen and oxygen atoms in total. The normalized spacial score (nSPS) is 10.3. The van der Waals surface area contributed by atoms with Crippen LogP contribution in [0.15, 0.2) is 40.9 Å². The Morgan fingerprint density at radius 3 is 2.50 bits per heavy atom. The minimum absolute atomic E-state index is 0.262. The Hall–Kier alpha value is -0.810. The summed E-state index contributed by atoms with van der Waals surface area (Å²) >= 11 is 20.5. The Labute approximate surface area is 141 Å². The van der Waals surface area contributed by atoms with E-state index in [-0.39, 0.29) is 4.99 Å². The second-order valence-corrected chi connectivity index (χ2v) is 6.20. The Kier molecular flexibility index (Phi) is 5.27. The summed E-state index contributed by atoms with van der Waals surface area (Å²) in [5.41, 5.74) is 7.08. The SMILES string of the molecule is NC(=S)c1ccc(OCc2ccc(Br)cc2Cl)cc1Cl. The van der Waals surface area contributed by atoms with E-state index in [4.69, 9.17) is 45.9 Å². The predicted octanol–water partition coefficient (Wildman–Crippen LogP) is 4.97. The zero-order valence-corrected chi connectivity index (χ0v) is 14.1. The number of rotatable bonds is 4. The van der Waals surface area contributed by atoms with Gasteiger partial charge < -0.3 is 10.5 Å². The molecule has 0 amide bonds.